The molecular weight excluding hydrogens is 192 g/mol. The molecule has 0 spiro atoms. The van der Waals surface area contributed by atoms with Gasteiger partial charge in [0, 0.05) is 6.42 Å². The third-order valence-electron chi connectivity index (χ3n) is 2.79. The van der Waals surface area contributed by atoms with Gasteiger partial charge in [-0.25, -0.2) is 4.98 Å². The Morgan fingerprint density at radius 2 is 2.33 bits per heavy atom. The molecule has 2 heterocycles. The van der Waals surface area contributed by atoms with E-state index >= 15 is 0 Å². The highest BCUT2D eigenvalue weighted by Gasteiger charge is 2.20. The van der Waals surface area contributed by atoms with Crippen molar-refractivity contribution < 1.29 is 9.21 Å². The molecule has 2 rings (SSSR count). The van der Waals surface area contributed by atoms with Crippen LogP contribution in [0.3, 0.4) is 0 Å². The van der Waals surface area contributed by atoms with Crippen LogP contribution in [0.25, 0.3) is 0 Å². The van der Waals surface area contributed by atoms with E-state index in [4.69, 9.17) is 4.42 Å². The van der Waals surface area contributed by atoms with E-state index < -0.39 is 0 Å². The third kappa shape index (κ3) is 2.65. The van der Waals surface area contributed by atoms with Crippen molar-refractivity contribution in [2.45, 2.75) is 26.2 Å². The van der Waals surface area contributed by atoms with Crippen LogP contribution in [0, 0.1) is 12.8 Å². The van der Waals surface area contributed by atoms with Gasteiger partial charge in [-0.05, 0) is 38.8 Å². The number of aryl methyl sites for hydroxylation is 1. The van der Waals surface area contributed by atoms with E-state index in [9.17, 15) is 4.79 Å². The number of nitrogens with zero attached hydrogens (tertiary/aromatic N) is 1. The molecule has 82 valence electrons. The van der Waals surface area contributed by atoms with Gasteiger partial charge in [-0.1, -0.05) is 0 Å². The first-order valence-electron chi connectivity index (χ1n) is 5.42. The summed E-state index contributed by atoms with van der Waals surface area (Å²) in [7, 11) is 0. The third-order valence-corrected chi connectivity index (χ3v) is 2.79. The van der Waals surface area contributed by atoms with Gasteiger partial charge in [0.1, 0.15) is 5.76 Å². The molecule has 4 heteroatoms. The summed E-state index contributed by atoms with van der Waals surface area (Å²) >= 11 is 0. The molecule has 1 saturated heterocycles. The van der Waals surface area contributed by atoms with Gasteiger partial charge in [-0.2, -0.15) is 0 Å². The fraction of sp³-hybridized carbons (Fsp3) is 0.636. The lowest BCUT2D eigenvalue weighted by Crippen LogP contribution is -2.28. The molecular formula is C11H16N2O2. The maximum Gasteiger partial charge on any atom is 0.263 e. The zero-order valence-corrected chi connectivity index (χ0v) is 8.95. The Balaban J connectivity index is 1.91. The highest BCUT2D eigenvalue weighted by atomic mass is 16.4. The van der Waals surface area contributed by atoms with Crippen molar-refractivity contribution in [1.82, 2.24) is 10.3 Å². The second-order valence-corrected chi connectivity index (χ2v) is 4.10. The molecule has 1 aromatic rings. The van der Waals surface area contributed by atoms with Crippen LogP contribution in [0.4, 0.5) is 0 Å². The molecule has 0 radical (unpaired) electrons. The van der Waals surface area contributed by atoms with Gasteiger partial charge in [0.2, 0.25) is 5.78 Å². The SMILES string of the molecule is Cc1cnc(C(=O)CC2CCNCC2)o1. The Morgan fingerprint density at radius 1 is 1.60 bits per heavy atom. The first-order chi connectivity index (χ1) is 7.25. The number of nitrogens with one attached hydrogen (secondary N) is 1. The summed E-state index contributed by atoms with van der Waals surface area (Å²) in [4.78, 5) is 15.7. The van der Waals surface area contributed by atoms with Crippen LogP contribution in [0.2, 0.25) is 0 Å². The summed E-state index contributed by atoms with van der Waals surface area (Å²) in [5, 5.41) is 3.28. The highest BCUT2D eigenvalue weighted by Crippen LogP contribution is 2.18. The smallest absolute Gasteiger partial charge is 0.263 e. The summed E-state index contributed by atoms with van der Waals surface area (Å²) in [5.74, 6) is 1.50. The van der Waals surface area contributed by atoms with E-state index in [1.807, 2.05) is 0 Å². The van der Waals surface area contributed by atoms with Crippen LogP contribution in [-0.4, -0.2) is 23.9 Å². The van der Waals surface area contributed by atoms with Crippen LogP contribution in [-0.2, 0) is 0 Å². The quantitative estimate of drug-likeness (QED) is 0.766. The number of carbonyl (C=O) groups is 1. The first kappa shape index (κ1) is 10.4. The van der Waals surface area contributed by atoms with Crippen molar-refractivity contribution in [1.29, 1.82) is 0 Å². The molecule has 1 fully saturated rings. The number of Topliss-reactive ketones (excluding diaryl/α,β-unsaturated/α-hetero) is 1. The molecule has 4 nitrogen and oxygen atoms in total. The van der Waals surface area contributed by atoms with Crippen LogP contribution in [0.5, 0.6) is 0 Å². The van der Waals surface area contributed by atoms with E-state index in [-0.39, 0.29) is 11.7 Å². The van der Waals surface area contributed by atoms with Gasteiger partial charge in [-0.3, -0.25) is 4.79 Å². The van der Waals surface area contributed by atoms with E-state index in [2.05, 4.69) is 10.3 Å². The molecule has 0 atom stereocenters. The van der Waals surface area contributed by atoms with Gasteiger partial charge >= 0.3 is 0 Å². The number of hydrogen-bond donors (Lipinski definition) is 1. The van der Waals surface area contributed by atoms with Crippen molar-refractivity contribution in [3.63, 3.8) is 0 Å². The Hall–Kier alpha value is -1.16. The average Bonchev–Trinajstić information content (AvgIpc) is 2.66. The van der Waals surface area contributed by atoms with Gasteiger partial charge < -0.3 is 9.73 Å². The average molecular weight is 208 g/mol. The largest absolute Gasteiger partial charge is 0.439 e. The summed E-state index contributed by atoms with van der Waals surface area (Å²) in [5.41, 5.74) is 0. The summed E-state index contributed by atoms with van der Waals surface area (Å²) < 4.78 is 5.21. The molecule has 15 heavy (non-hydrogen) atoms. The molecule has 0 bridgehead atoms. The zero-order chi connectivity index (χ0) is 10.7. The number of rotatable bonds is 3. The molecule has 0 unspecified atom stereocenters. The number of aromatic nitrogens is 1. The molecule has 1 aromatic heterocycles. The lowest BCUT2D eigenvalue weighted by molar-refractivity contribution is 0.0917. The lowest BCUT2D eigenvalue weighted by atomic mass is 9.93. The van der Waals surface area contributed by atoms with E-state index in [0.717, 1.165) is 25.9 Å². The fourth-order valence-electron chi connectivity index (χ4n) is 1.92. The Labute approximate surface area is 89.1 Å². The number of hydrogen-bond acceptors (Lipinski definition) is 4. The number of carbonyl (C=O) groups excluding carboxylic acids is 1. The Bertz CT molecular complexity index is 340. The molecule has 1 aliphatic rings. The predicted molar refractivity (Wildman–Crippen MR) is 55.8 cm³/mol. The maximum absolute atomic E-state index is 11.7. The van der Waals surface area contributed by atoms with Crippen LogP contribution in [0.1, 0.15) is 35.7 Å². The van der Waals surface area contributed by atoms with E-state index in [1.165, 1.54) is 0 Å². The van der Waals surface area contributed by atoms with Crippen molar-refractivity contribution in [3.05, 3.63) is 17.8 Å². The number of oxazole rings is 1. The first-order valence-corrected chi connectivity index (χ1v) is 5.42. The standard InChI is InChI=1S/C11H16N2O2/c1-8-7-13-11(15-8)10(14)6-9-2-4-12-5-3-9/h7,9,12H,2-6H2,1H3. The van der Waals surface area contributed by atoms with Gasteiger partial charge in [0.25, 0.3) is 5.89 Å². The van der Waals surface area contributed by atoms with Crippen molar-refractivity contribution >= 4 is 5.78 Å². The molecule has 0 aliphatic carbocycles. The minimum atomic E-state index is 0.0370. The lowest BCUT2D eigenvalue weighted by Gasteiger charge is -2.21. The second kappa shape index (κ2) is 4.57. The van der Waals surface area contributed by atoms with Gasteiger partial charge in [0.05, 0.1) is 6.20 Å². The monoisotopic (exact) mass is 208 g/mol. The molecule has 0 aromatic carbocycles. The highest BCUT2D eigenvalue weighted by molar-refractivity contribution is 5.91. The topological polar surface area (TPSA) is 55.1 Å². The summed E-state index contributed by atoms with van der Waals surface area (Å²) in [6.45, 7) is 3.83. The molecule has 1 N–H and O–H groups in total. The maximum atomic E-state index is 11.7. The van der Waals surface area contributed by atoms with Crippen LogP contribution in [0.15, 0.2) is 10.6 Å². The van der Waals surface area contributed by atoms with Crippen molar-refractivity contribution in [3.8, 4) is 0 Å². The Kier molecular flexibility index (Phi) is 3.16. The van der Waals surface area contributed by atoms with Gasteiger partial charge in [0.15, 0.2) is 0 Å². The van der Waals surface area contributed by atoms with Gasteiger partial charge in [-0.15, -0.1) is 0 Å². The minimum absolute atomic E-state index is 0.0370. The Morgan fingerprint density at radius 3 is 2.93 bits per heavy atom. The molecule has 0 saturated carbocycles. The second-order valence-electron chi connectivity index (χ2n) is 4.10. The molecule has 1 aliphatic heterocycles. The van der Waals surface area contributed by atoms with Crippen molar-refractivity contribution in [2.24, 2.45) is 5.92 Å². The normalized spacial score (nSPS) is 17.9. The van der Waals surface area contributed by atoms with E-state index in [0.29, 0.717) is 18.1 Å². The van der Waals surface area contributed by atoms with Crippen LogP contribution >= 0.6 is 0 Å². The fourth-order valence-corrected chi connectivity index (χ4v) is 1.92. The van der Waals surface area contributed by atoms with Crippen molar-refractivity contribution in [2.75, 3.05) is 13.1 Å². The number of ketones is 1. The molecule has 0 amide bonds. The summed E-state index contributed by atoms with van der Waals surface area (Å²) in [6, 6.07) is 0. The number of piperidine rings is 1. The minimum Gasteiger partial charge on any atom is -0.439 e. The van der Waals surface area contributed by atoms with E-state index in [1.54, 1.807) is 13.1 Å². The zero-order valence-electron chi connectivity index (χ0n) is 8.95. The summed E-state index contributed by atoms with van der Waals surface area (Å²) in [6.07, 6.45) is 4.31. The van der Waals surface area contributed by atoms with Crippen LogP contribution < -0.4 is 5.32 Å². The predicted octanol–water partition coefficient (Wildman–Crippen LogP) is 1.56.